The molecule has 0 aromatic rings. The second-order valence-electron chi connectivity index (χ2n) is 1.57. The summed E-state index contributed by atoms with van der Waals surface area (Å²) in [7, 11) is 0. The lowest BCUT2D eigenvalue weighted by molar-refractivity contribution is -0.179. The standard InChI is InChI=1S/C3H6N4O2/c4-7-6-3(8)5-1-2-9-3/h5,8H,1-2H2. The first-order chi connectivity index (χ1) is 4.27. The normalized spacial score (nSPS) is 33.9. The average Bonchev–Trinajstić information content (AvgIpc) is 2.16. The van der Waals surface area contributed by atoms with Gasteiger partial charge in [-0.1, -0.05) is 0 Å². The molecule has 0 spiro atoms. The Balaban J connectivity index is 2.61. The number of nitrogens with one attached hydrogen (secondary N) is 1. The smallest absolute Gasteiger partial charge is 0.308 e. The Hall–Kier alpha value is -0.810. The van der Waals surface area contributed by atoms with Crippen LogP contribution < -0.4 is 5.32 Å². The van der Waals surface area contributed by atoms with E-state index in [1.165, 1.54) is 0 Å². The molecule has 1 atom stereocenters. The van der Waals surface area contributed by atoms with Crippen molar-refractivity contribution in [2.45, 2.75) is 6.03 Å². The fourth-order valence-corrected chi connectivity index (χ4v) is 0.583. The molecule has 0 bridgehead atoms. The molecule has 1 heterocycles. The summed E-state index contributed by atoms with van der Waals surface area (Å²) in [5.74, 6) is 0. The minimum absolute atomic E-state index is 0.357. The van der Waals surface area contributed by atoms with E-state index in [4.69, 9.17) is 10.6 Å². The molecule has 1 fully saturated rings. The molecule has 0 saturated carbocycles. The van der Waals surface area contributed by atoms with E-state index in [0.717, 1.165) is 0 Å². The van der Waals surface area contributed by atoms with Crippen LogP contribution in [0.2, 0.25) is 0 Å². The molecule has 6 heteroatoms. The van der Waals surface area contributed by atoms with Crippen LogP contribution in [0.1, 0.15) is 0 Å². The fraction of sp³-hybridized carbons (Fsp3) is 1.00. The lowest BCUT2D eigenvalue weighted by atomic mass is 10.7. The number of hydrogen-bond acceptors (Lipinski definition) is 4. The molecular formula is C3H6N4O2. The van der Waals surface area contributed by atoms with Gasteiger partial charge >= 0.3 is 6.03 Å². The van der Waals surface area contributed by atoms with Crippen LogP contribution in [0, 0.1) is 0 Å². The van der Waals surface area contributed by atoms with E-state index in [1.807, 2.05) is 0 Å². The van der Waals surface area contributed by atoms with Gasteiger partial charge in [-0.2, -0.15) is 0 Å². The highest BCUT2D eigenvalue weighted by molar-refractivity contribution is 4.67. The predicted octanol–water partition coefficient (Wildman–Crippen LogP) is -0.480. The predicted molar refractivity (Wildman–Crippen MR) is 28.1 cm³/mol. The van der Waals surface area contributed by atoms with Gasteiger partial charge in [0.2, 0.25) is 0 Å². The van der Waals surface area contributed by atoms with Gasteiger partial charge in [0.05, 0.1) is 6.61 Å². The van der Waals surface area contributed by atoms with Crippen LogP contribution in [-0.4, -0.2) is 24.3 Å². The lowest BCUT2D eigenvalue weighted by Gasteiger charge is -2.12. The molecule has 0 radical (unpaired) electrons. The molecule has 1 aliphatic heterocycles. The Morgan fingerprint density at radius 3 is 3.11 bits per heavy atom. The van der Waals surface area contributed by atoms with Gasteiger partial charge in [0, 0.05) is 11.5 Å². The van der Waals surface area contributed by atoms with Crippen molar-refractivity contribution in [2.24, 2.45) is 5.11 Å². The SMILES string of the molecule is [N-]=[N+]=NC1(O)NCCO1. The van der Waals surface area contributed by atoms with Crippen molar-refractivity contribution in [3.8, 4) is 0 Å². The van der Waals surface area contributed by atoms with Crippen LogP contribution in [0.25, 0.3) is 10.4 Å². The molecule has 0 aromatic heterocycles. The number of azide groups is 1. The van der Waals surface area contributed by atoms with E-state index in [1.54, 1.807) is 0 Å². The van der Waals surface area contributed by atoms with Crippen molar-refractivity contribution in [2.75, 3.05) is 13.2 Å². The quantitative estimate of drug-likeness (QED) is 0.285. The largest absolute Gasteiger partial charge is 0.349 e. The van der Waals surface area contributed by atoms with Crippen molar-refractivity contribution in [1.29, 1.82) is 0 Å². The highest BCUT2D eigenvalue weighted by Gasteiger charge is 2.30. The van der Waals surface area contributed by atoms with Crippen LogP contribution in [0.3, 0.4) is 0 Å². The summed E-state index contributed by atoms with van der Waals surface area (Å²) in [6, 6.07) is -1.80. The van der Waals surface area contributed by atoms with Crippen molar-refractivity contribution in [3.05, 3.63) is 10.4 Å². The summed E-state index contributed by atoms with van der Waals surface area (Å²) in [6.07, 6.45) is 0. The molecule has 1 unspecified atom stereocenters. The lowest BCUT2D eigenvalue weighted by Crippen LogP contribution is -2.37. The highest BCUT2D eigenvalue weighted by Crippen LogP contribution is 2.08. The van der Waals surface area contributed by atoms with E-state index in [9.17, 15) is 0 Å². The van der Waals surface area contributed by atoms with Crippen molar-refractivity contribution in [3.63, 3.8) is 0 Å². The Kier molecular flexibility index (Phi) is 1.54. The maximum absolute atomic E-state index is 8.94. The summed E-state index contributed by atoms with van der Waals surface area (Å²) in [6.45, 7) is 0.852. The van der Waals surface area contributed by atoms with Crippen LogP contribution in [0.4, 0.5) is 0 Å². The number of hydrogen-bond donors (Lipinski definition) is 2. The molecule has 2 N–H and O–H groups in total. The number of nitrogens with zero attached hydrogens (tertiary/aromatic N) is 3. The molecule has 1 saturated heterocycles. The van der Waals surface area contributed by atoms with Crippen LogP contribution in [0.5, 0.6) is 0 Å². The monoisotopic (exact) mass is 130 g/mol. The minimum Gasteiger partial charge on any atom is -0.349 e. The van der Waals surface area contributed by atoms with Crippen molar-refractivity contribution >= 4 is 0 Å². The number of rotatable bonds is 1. The zero-order valence-corrected chi connectivity index (χ0v) is 4.61. The van der Waals surface area contributed by atoms with Crippen LogP contribution in [0.15, 0.2) is 5.11 Å². The summed E-state index contributed by atoms with van der Waals surface area (Å²) >= 11 is 0. The third-order valence-corrected chi connectivity index (χ3v) is 0.941. The van der Waals surface area contributed by atoms with Gasteiger partial charge in [0.1, 0.15) is 0 Å². The molecular weight excluding hydrogens is 124 g/mol. The zero-order chi connectivity index (χ0) is 6.74. The van der Waals surface area contributed by atoms with Gasteiger partial charge in [0.25, 0.3) is 0 Å². The maximum Gasteiger partial charge on any atom is 0.308 e. The fourth-order valence-electron chi connectivity index (χ4n) is 0.583. The summed E-state index contributed by atoms with van der Waals surface area (Å²) in [5.41, 5.74) is 7.87. The van der Waals surface area contributed by atoms with Gasteiger partial charge in [-0.3, -0.25) is 5.32 Å². The Bertz CT molecular complexity index is 146. The second-order valence-corrected chi connectivity index (χ2v) is 1.57. The van der Waals surface area contributed by atoms with Crippen LogP contribution in [-0.2, 0) is 4.74 Å². The minimum atomic E-state index is -1.80. The van der Waals surface area contributed by atoms with E-state index < -0.39 is 6.03 Å². The zero-order valence-electron chi connectivity index (χ0n) is 4.61. The van der Waals surface area contributed by atoms with E-state index >= 15 is 0 Å². The Labute approximate surface area is 51.1 Å². The van der Waals surface area contributed by atoms with Crippen molar-refractivity contribution in [1.82, 2.24) is 5.32 Å². The van der Waals surface area contributed by atoms with Gasteiger partial charge < -0.3 is 9.84 Å². The first-order valence-corrected chi connectivity index (χ1v) is 2.44. The summed E-state index contributed by atoms with van der Waals surface area (Å²) in [4.78, 5) is 2.38. The molecule has 6 nitrogen and oxygen atoms in total. The Morgan fingerprint density at radius 1 is 1.89 bits per heavy atom. The highest BCUT2D eigenvalue weighted by atomic mass is 16.7. The van der Waals surface area contributed by atoms with E-state index in [0.29, 0.717) is 13.2 Å². The third-order valence-electron chi connectivity index (χ3n) is 0.941. The van der Waals surface area contributed by atoms with Gasteiger partial charge in [-0.15, -0.1) is 0 Å². The van der Waals surface area contributed by atoms with E-state index in [2.05, 4.69) is 20.1 Å². The molecule has 50 valence electrons. The number of aliphatic hydroxyl groups is 1. The molecule has 1 rings (SSSR count). The van der Waals surface area contributed by atoms with Crippen LogP contribution >= 0.6 is 0 Å². The maximum atomic E-state index is 8.94. The first-order valence-electron chi connectivity index (χ1n) is 2.44. The molecule has 9 heavy (non-hydrogen) atoms. The molecule has 1 aliphatic rings. The number of ether oxygens (including phenoxy) is 1. The Morgan fingerprint density at radius 2 is 2.67 bits per heavy atom. The molecule has 0 aliphatic carbocycles. The molecule has 0 amide bonds. The van der Waals surface area contributed by atoms with Gasteiger partial charge in [-0.05, 0) is 10.6 Å². The second kappa shape index (κ2) is 2.20. The average molecular weight is 130 g/mol. The molecule has 0 aromatic carbocycles. The van der Waals surface area contributed by atoms with Gasteiger partial charge in [0.15, 0.2) is 0 Å². The summed E-state index contributed by atoms with van der Waals surface area (Å²) < 4.78 is 4.60. The van der Waals surface area contributed by atoms with E-state index in [-0.39, 0.29) is 0 Å². The first kappa shape index (κ1) is 6.31. The topological polar surface area (TPSA) is 90.3 Å². The summed E-state index contributed by atoms with van der Waals surface area (Å²) in [5, 5.41) is 14.3. The van der Waals surface area contributed by atoms with Crippen molar-refractivity contribution < 1.29 is 9.84 Å². The third kappa shape index (κ3) is 1.30. The van der Waals surface area contributed by atoms with Gasteiger partial charge in [-0.25, -0.2) is 0 Å².